The quantitative estimate of drug-likeness (QED) is 0.321. The minimum absolute atomic E-state index is 0.318. The van der Waals surface area contributed by atoms with Gasteiger partial charge in [0.05, 0.1) is 25.9 Å². The number of rotatable bonds is 8. The normalized spacial score (nSPS) is 24.1. The van der Waals surface area contributed by atoms with Crippen molar-refractivity contribution >= 4 is 5.97 Å². The molecule has 1 aliphatic rings. The lowest BCUT2D eigenvalue weighted by atomic mass is 10.0. The average Bonchev–Trinajstić information content (AvgIpc) is 2.95. The molecule has 0 aromatic carbocycles. The van der Waals surface area contributed by atoms with E-state index >= 15 is 0 Å². The highest BCUT2D eigenvalue weighted by Gasteiger charge is 2.40. The van der Waals surface area contributed by atoms with Crippen LogP contribution < -0.4 is 5.73 Å². The van der Waals surface area contributed by atoms with E-state index in [1.165, 1.54) is 6.92 Å². The molecule has 1 aliphatic heterocycles. The van der Waals surface area contributed by atoms with E-state index in [9.17, 15) is 15.0 Å². The second-order valence-corrected chi connectivity index (χ2v) is 4.51. The fourth-order valence-corrected chi connectivity index (χ4v) is 1.77. The maximum absolute atomic E-state index is 10.8. The van der Waals surface area contributed by atoms with Crippen molar-refractivity contribution in [2.24, 2.45) is 5.73 Å². The fourth-order valence-electron chi connectivity index (χ4n) is 1.77. The lowest BCUT2D eigenvalue weighted by molar-refractivity contribution is -0.180. The van der Waals surface area contributed by atoms with Crippen LogP contribution in [0.2, 0.25) is 0 Å². The van der Waals surface area contributed by atoms with E-state index in [1.54, 1.807) is 0 Å². The van der Waals surface area contributed by atoms with Crippen molar-refractivity contribution in [2.75, 3.05) is 19.8 Å². The predicted octanol–water partition coefficient (Wildman–Crippen LogP) is -2.74. The number of ether oxygens (including phenoxy) is 3. The molecular weight excluding hydrogens is 274 g/mol. The highest BCUT2D eigenvalue weighted by Crippen LogP contribution is 2.18. The molecule has 0 amide bonds. The van der Waals surface area contributed by atoms with E-state index in [0.717, 1.165) is 0 Å². The van der Waals surface area contributed by atoms with Gasteiger partial charge in [0.2, 0.25) is 0 Å². The first-order valence-electron chi connectivity index (χ1n) is 6.22. The minimum Gasteiger partial charge on any atom is -0.479 e. The Bertz CT molecular complexity index is 309. The summed E-state index contributed by atoms with van der Waals surface area (Å²) >= 11 is 0. The lowest BCUT2D eigenvalue weighted by Crippen LogP contribution is -2.57. The molecule has 0 spiro atoms. The predicted molar refractivity (Wildman–Crippen MR) is 64.7 cm³/mol. The number of nitrogens with two attached hydrogens (primary N) is 1. The summed E-state index contributed by atoms with van der Waals surface area (Å²) in [6.45, 7) is 1.18. The number of aliphatic hydroxyl groups is 3. The summed E-state index contributed by atoms with van der Waals surface area (Å²) in [4.78, 5) is 10.8. The second kappa shape index (κ2) is 7.84. The Hall–Kier alpha value is -0.810. The van der Waals surface area contributed by atoms with Gasteiger partial charge in [0.15, 0.2) is 12.4 Å². The number of aliphatic carboxylic acids is 1. The molecule has 1 heterocycles. The molecule has 9 heteroatoms. The lowest BCUT2D eigenvalue weighted by Gasteiger charge is -2.33. The van der Waals surface area contributed by atoms with Gasteiger partial charge in [-0.05, 0) is 6.92 Å². The third-order valence-electron chi connectivity index (χ3n) is 2.97. The maximum atomic E-state index is 10.8. The Morgan fingerprint density at radius 3 is 2.40 bits per heavy atom. The van der Waals surface area contributed by atoms with Crippen LogP contribution in [-0.4, -0.2) is 83.0 Å². The maximum Gasteiger partial charge on any atom is 0.332 e. The van der Waals surface area contributed by atoms with Crippen LogP contribution in [0.25, 0.3) is 0 Å². The summed E-state index contributed by atoms with van der Waals surface area (Å²) in [7, 11) is 0. The van der Waals surface area contributed by atoms with Crippen molar-refractivity contribution in [1.29, 1.82) is 0 Å². The third kappa shape index (κ3) is 4.35. The Labute approximate surface area is 115 Å². The zero-order chi connectivity index (χ0) is 15.3. The van der Waals surface area contributed by atoms with E-state index in [2.05, 4.69) is 0 Å². The Morgan fingerprint density at radius 1 is 1.40 bits per heavy atom. The number of carbonyl (C=O) groups is 1. The number of aliphatic hydroxyl groups excluding tert-OH is 3. The summed E-state index contributed by atoms with van der Waals surface area (Å²) in [5.74, 6) is -1.25. The number of carboxylic acids is 1. The van der Waals surface area contributed by atoms with Gasteiger partial charge in [-0.25, -0.2) is 4.79 Å². The highest BCUT2D eigenvalue weighted by molar-refractivity contribution is 5.71. The smallest absolute Gasteiger partial charge is 0.332 e. The van der Waals surface area contributed by atoms with Crippen molar-refractivity contribution in [3.63, 3.8) is 0 Å². The largest absolute Gasteiger partial charge is 0.479 e. The van der Waals surface area contributed by atoms with Crippen LogP contribution in [-0.2, 0) is 19.0 Å². The first-order chi connectivity index (χ1) is 9.38. The van der Waals surface area contributed by atoms with E-state index < -0.39 is 49.3 Å². The summed E-state index contributed by atoms with van der Waals surface area (Å²) < 4.78 is 15.5. The van der Waals surface area contributed by atoms with E-state index in [4.69, 9.17) is 30.2 Å². The molecule has 1 saturated heterocycles. The molecule has 118 valence electrons. The van der Waals surface area contributed by atoms with Crippen molar-refractivity contribution < 1.29 is 39.4 Å². The standard InChI is InChI=1S/C11H21NO8/c1-5(10(16)17)20-9(8(15)6(14)4-13)7(12)11-18-2-3-19-11/h5-9,11,13-15H,2-4,12H2,1H3,(H,16,17)/t5-,6-,7-,8-,9-/m1/s1. The summed E-state index contributed by atoms with van der Waals surface area (Å²) in [6.07, 6.45) is -6.50. The summed E-state index contributed by atoms with van der Waals surface area (Å²) in [5.41, 5.74) is 5.84. The van der Waals surface area contributed by atoms with Crippen molar-refractivity contribution in [2.45, 2.75) is 43.7 Å². The summed E-state index contributed by atoms with van der Waals surface area (Å²) in [5, 5.41) is 37.1. The van der Waals surface area contributed by atoms with Crippen LogP contribution in [0, 0.1) is 0 Å². The van der Waals surface area contributed by atoms with Crippen LogP contribution in [0.4, 0.5) is 0 Å². The molecule has 1 rings (SSSR count). The molecule has 0 saturated carbocycles. The number of hydrogen-bond acceptors (Lipinski definition) is 8. The molecule has 5 atom stereocenters. The monoisotopic (exact) mass is 295 g/mol. The number of carboxylic acid groups (broad SMARTS) is 1. The first kappa shape index (κ1) is 17.2. The van der Waals surface area contributed by atoms with Gasteiger partial charge in [0.1, 0.15) is 18.3 Å². The molecule has 0 aromatic rings. The molecule has 0 bridgehead atoms. The Morgan fingerprint density at radius 2 is 1.95 bits per heavy atom. The van der Waals surface area contributed by atoms with E-state index in [1.807, 2.05) is 0 Å². The molecular formula is C11H21NO8. The fraction of sp³-hybridized carbons (Fsp3) is 0.909. The van der Waals surface area contributed by atoms with Gasteiger partial charge in [0, 0.05) is 0 Å². The van der Waals surface area contributed by atoms with Crippen LogP contribution in [0.3, 0.4) is 0 Å². The number of hydrogen-bond donors (Lipinski definition) is 5. The van der Waals surface area contributed by atoms with Crippen molar-refractivity contribution in [1.82, 2.24) is 0 Å². The molecule has 1 fully saturated rings. The minimum atomic E-state index is -1.58. The van der Waals surface area contributed by atoms with Gasteiger partial charge in [0.25, 0.3) is 0 Å². The second-order valence-electron chi connectivity index (χ2n) is 4.51. The summed E-state index contributed by atoms with van der Waals surface area (Å²) in [6, 6.07) is -1.02. The first-order valence-corrected chi connectivity index (χ1v) is 6.22. The Kier molecular flexibility index (Phi) is 6.76. The van der Waals surface area contributed by atoms with Gasteiger partial charge in [-0.2, -0.15) is 0 Å². The molecule has 0 unspecified atom stereocenters. The molecule has 20 heavy (non-hydrogen) atoms. The Balaban J connectivity index is 2.78. The molecule has 0 radical (unpaired) electrons. The van der Waals surface area contributed by atoms with Gasteiger partial charge in [-0.3, -0.25) is 0 Å². The zero-order valence-electron chi connectivity index (χ0n) is 11.1. The van der Waals surface area contributed by atoms with Crippen LogP contribution in [0.5, 0.6) is 0 Å². The molecule has 6 N–H and O–H groups in total. The van der Waals surface area contributed by atoms with Crippen LogP contribution >= 0.6 is 0 Å². The highest BCUT2D eigenvalue weighted by atomic mass is 16.7. The molecule has 0 aliphatic carbocycles. The average molecular weight is 295 g/mol. The molecule has 0 aromatic heterocycles. The zero-order valence-corrected chi connectivity index (χ0v) is 11.1. The van der Waals surface area contributed by atoms with E-state index in [-0.39, 0.29) is 0 Å². The molecule has 9 nitrogen and oxygen atoms in total. The van der Waals surface area contributed by atoms with Crippen molar-refractivity contribution in [3.8, 4) is 0 Å². The van der Waals surface area contributed by atoms with E-state index in [0.29, 0.717) is 13.2 Å². The van der Waals surface area contributed by atoms with Gasteiger partial charge in [-0.1, -0.05) is 0 Å². The van der Waals surface area contributed by atoms with Crippen molar-refractivity contribution in [3.05, 3.63) is 0 Å². The van der Waals surface area contributed by atoms with Crippen LogP contribution in [0.1, 0.15) is 6.92 Å². The van der Waals surface area contributed by atoms with Gasteiger partial charge >= 0.3 is 5.97 Å². The third-order valence-corrected chi connectivity index (χ3v) is 2.97. The van der Waals surface area contributed by atoms with Crippen LogP contribution in [0.15, 0.2) is 0 Å². The van der Waals surface area contributed by atoms with Gasteiger partial charge < -0.3 is 40.4 Å². The SMILES string of the molecule is C[C@@H](O[C@@H]([C@H](O)[C@H](O)CO)[C@@H](N)C1OCCO1)C(=O)O. The topological polar surface area (TPSA) is 152 Å². The van der Waals surface area contributed by atoms with Gasteiger partial charge in [-0.15, -0.1) is 0 Å².